The van der Waals surface area contributed by atoms with E-state index in [1.165, 1.54) is 6.92 Å². The summed E-state index contributed by atoms with van der Waals surface area (Å²) >= 11 is 0. The summed E-state index contributed by atoms with van der Waals surface area (Å²) in [6.45, 7) is 12.8. The molecule has 164 valence electrons. The number of hydrogen-bond donors (Lipinski definition) is 1. The topological polar surface area (TPSA) is 89.2 Å². The van der Waals surface area contributed by atoms with E-state index < -0.39 is 32.7 Å². The quantitative estimate of drug-likeness (QED) is 0.530. The van der Waals surface area contributed by atoms with E-state index in [1.54, 1.807) is 7.11 Å². The number of carbonyl (C=O) groups is 1. The lowest BCUT2D eigenvalue weighted by Crippen LogP contribution is -2.62. The summed E-state index contributed by atoms with van der Waals surface area (Å²) < 4.78 is 28.9. The Balaban J connectivity index is 2.07. The fourth-order valence-electron chi connectivity index (χ4n) is 2.83. The Labute approximate surface area is 174 Å². The summed E-state index contributed by atoms with van der Waals surface area (Å²) in [6.07, 6.45) is -1.86. The molecule has 0 radical (unpaired) electrons. The monoisotopic (exact) mass is 425 g/mol. The van der Waals surface area contributed by atoms with Crippen molar-refractivity contribution in [2.75, 3.05) is 13.7 Å². The van der Waals surface area contributed by atoms with Crippen LogP contribution in [-0.2, 0) is 30.0 Å². The molecule has 7 nitrogen and oxygen atoms in total. The van der Waals surface area contributed by atoms with E-state index in [4.69, 9.17) is 29.1 Å². The van der Waals surface area contributed by atoms with Crippen molar-refractivity contribution in [3.63, 3.8) is 0 Å². The highest BCUT2D eigenvalue weighted by molar-refractivity contribution is 6.74. The van der Waals surface area contributed by atoms with Crippen molar-refractivity contribution in [2.45, 2.75) is 77.0 Å². The number of esters is 1. The molecule has 0 aliphatic carbocycles. The average Bonchev–Trinajstić information content (AvgIpc) is 2.63. The van der Waals surface area contributed by atoms with Crippen LogP contribution in [0.2, 0.25) is 18.1 Å². The van der Waals surface area contributed by atoms with Gasteiger partial charge in [0.2, 0.25) is 0 Å². The maximum atomic E-state index is 11.7. The first-order chi connectivity index (χ1) is 13.4. The Morgan fingerprint density at radius 3 is 2.38 bits per heavy atom. The normalized spacial score (nSPS) is 25.5. The summed E-state index contributed by atoms with van der Waals surface area (Å²) in [5, 5.41) is 0.0331. The van der Waals surface area contributed by atoms with Crippen LogP contribution in [0.4, 0.5) is 0 Å². The zero-order chi connectivity index (χ0) is 21.8. The molecule has 29 heavy (non-hydrogen) atoms. The Morgan fingerprint density at radius 2 is 1.86 bits per heavy atom. The van der Waals surface area contributed by atoms with Gasteiger partial charge in [0.1, 0.15) is 5.75 Å². The van der Waals surface area contributed by atoms with Crippen molar-refractivity contribution in [2.24, 2.45) is 5.73 Å². The molecular weight excluding hydrogens is 390 g/mol. The third kappa shape index (κ3) is 6.26. The number of ether oxygens (including phenoxy) is 4. The van der Waals surface area contributed by atoms with Crippen LogP contribution >= 0.6 is 0 Å². The van der Waals surface area contributed by atoms with Gasteiger partial charge in [-0.25, -0.2) is 0 Å². The predicted molar refractivity (Wildman–Crippen MR) is 113 cm³/mol. The maximum absolute atomic E-state index is 11.7. The Hall–Kier alpha value is -1.45. The van der Waals surface area contributed by atoms with E-state index in [0.29, 0.717) is 13.2 Å². The van der Waals surface area contributed by atoms with E-state index >= 15 is 0 Å². The van der Waals surface area contributed by atoms with Crippen LogP contribution in [0.5, 0.6) is 5.75 Å². The molecule has 8 heteroatoms. The lowest BCUT2D eigenvalue weighted by atomic mass is 10.0. The van der Waals surface area contributed by atoms with Gasteiger partial charge in [-0.3, -0.25) is 4.79 Å². The Kier molecular flexibility index (Phi) is 7.86. The van der Waals surface area contributed by atoms with Crippen LogP contribution in [0.3, 0.4) is 0 Å². The smallest absolute Gasteiger partial charge is 0.303 e. The lowest BCUT2D eigenvalue weighted by molar-refractivity contribution is -0.251. The fraction of sp³-hybridized carbons (Fsp3) is 0.667. The highest BCUT2D eigenvalue weighted by Gasteiger charge is 2.46. The molecule has 4 atom stereocenters. The van der Waals surface area contributed by atoms with Crippen LogP contribution in [-0.4, -0.2) is 52.5 Å². The van der Waals surface area contributed by atoms with Crippen LogP contribution in [0.25, 0.3) is 0 Å². The summed E-state index contributed by atoms with van der Waals surface area (Å²) in [4.78, 5) is 11.7. The highest BCUT2D eigenvalue weighted by atomic mass is 28.4. The number of rotatable bonds is 7. The van der Waals surface area contributed by atoms with Crippen molar-refractivity contribution in [1.29, 1.82) is 0 Å². The first-order valence-corrected chi connectivity index (χ1v) is 12.8. The average molecular weight is 426 g/mol. The summed E-state index contributed by atoms with van der Waals surface area (Å²) in [7, 11) is -0.439. The van der Waals surface area contributed by atoms with Gasteiger partial charge in [-0.2, -0.15) is 0 Å². The van der Waals surface area contributed by atoms with Crippen molar-refractivity contribution < 1.29 is 28.2 Å². The molecule has 1 aromatic carbocycles. The maximum Gasteiger partial charge on any atom is 0.303 e. The van der Waals surface area contributed by atoms with E-state index in [9.17, 15) is 4.79 Å². The van der Waals surface area contributed by atoms with Gasteiger partial charge in [0, 0.05) is 6.92 Å². The number of methoxy groups -OCH3 is 1. The first-order valence-electron chi connectivity index (χ1n) is 9.91. The molecule has 0 bridgehead atoms. The third-order valence-electron chi connectivity index (χ3n) is 5.63. The van der Waals surface area contributed by atoms with Crippen LogP contribution < -0.4 is 10.5 Å². The van der Waals surface area contributed by atoms with E-state index in [1.807, 2.05) is 24.3 Å². The molecule has 2 N–H and O–H groups in total. The van der Waals surface area contributed by atoms with Gasteiger partial charge in [0.05, 0.1) is 32.5 Å². The SMILES string of the molecule is COc1ccc(CO[C@@H]2OCC(O[Si](C)(C)C(C)(C)C)[C@H](N)C2OC(C)=O)cc1. The van der Waals surface area contributed by atoms with Gasteiger partial charge in [-0.15, -0.1) is 0 Å². The zero-order valence-electron chi connectivity index (χ0n) is 18.6. The van der Waals surface area contributed by atoms with Crippen molar-refractivity contribution in [1.82, 2.24) is 0 Å². The van der Waals surface area contributed by atoms with Gasteiger partial charge in [0.25, 0.3) is 0 Å². The number of nitrogens with two attached hydrogens (primary N) is 1. The van der Waals surface area contributed by atoms with Crippen molar-refractivity contribution >= 4 is 14.3 Å². The number of hydrogen-bond acceptors (Lipinski definition) is 7. The van der Waals surface area contributed by atoms with Crippen molar-refractivity contribution in [3.05, 3.63) is 29.8 Å². The Bertz CT molecular complexity index is 673. The molecule has 1 fully saturated rings. The standard InChI is InChI=1S/C21H35NO6Si/c1-14(23)27-19-18(22)17(28-29(6,7)21(2,3)4)13-26-20(19)25-12-15-8-10-16(24-5)11-9-15/h8-11,17-20H,12-13,22H2,1-7H3/t17?,18-,19?,20+/m0/s1. The minimum Gasteiger partial charge on any atom is -0.497 e. The molecule has 1 aliphatic heterocycles. The molecule has 0 amide bonds. The van der Waals surface area contributed by atoms with Crippen LogP contribution in [0.1, 0.15) is 33.3 Å². The second kappa shape index (κ2) is 9.57. The first kappa shape index (κ1) is 23.8. The summed E-state index contributed by atoms with van der Waals surface area (Å²) in [5.41, 5.74) is 7.41. The molecule has 0 saturated carbocycles. The van der Waals surface area contributed by atoms with E-state index in [2.05, 4.69) is 33.9 Å². The summed E-state index contributed by atoms with van der Waals surface area (Å²) in [6, 6.07) is 7.00. The van der Waals surface area contributed by atoms with Gasteiger partial charge < -0.3 is 29.1 Å². The molecule has 1 aliphatic rings. The molecular formula is C21H35NO6Si. The minimum atomic E-state index is -2.06. The second-order valence-corrected chi connectivity index (χ2v) is 13.7. The zero-order valence-corrected chi connectivity index (χ0v) is 19.6. The highest BCUT2D eigenvalue weighted by Crippen LogP contribution is 2.38. The fourth-order valence-corrected chi connectivity index (χ4v) is 4.16. The van der Waals surface area contributed by atoms with Gasteiger partial charge in [-0.05, 0) is 35.8 Å². The van der Waals surface area contributed by atoms with Crippen LogP contribution in [0.15, 0.2) is 24.3 Å². The molecule has 1 aromatic rings. The number of carbonyl (C=O) groups excluding carboxylic acids is 1. The third-order valence-corrected chi connectivity index (χ3v) is 10.1. The van der Waals surface area contributed by atoms with E-state index in [0.717, 1.165) is 11.3 Å². The second-order valence-electron chi connectivity index (χ2n) is 8.93. The van der Waals surface area contributed by atoms with Crippen LogP contribution in [0, 0.1) is 0 Å². The lowest BCUT2D eigenvalue weighted by Gasteiger charge is -2.45. The molecule has 2 unspecified atom stereocenters. The summed E-state index contributed by atoms with van der Waals surface area (Å²) in [5.74, 6) is 0.341. The Morgan fingerprint density at radius 1 is 1.24 bits per heavy atom. The van der Waals surface area contributed by atoms with E-state index in [-0.39, 0.29) is 11.1 Å². The van der Waals surface area contributed by atoms with Gasteiger partial charge in [-0.1, -0.05) is 32.9 Å². The predicted octanol–water partition coefficient (Wildman–Crippen LogP) is 3.22. The van der Waals surface area contributed by atoms with Gasteiger partial charge in [0.15, 0.2) is 20.7 Å². The van der Waals surface area contributed by atoms with Crippen molar-refractivity contribution in [3.8, 4) is 5.75 Å². The number of benzene rings is 1. The largest absolute Gasteiger partial charge is 0.497 e. The molecule has 0 aromatic heterocycles. The molecule has 1 heterocycles. The molecule has 1 saturated heterocycles. The van der Waals surface area contributed by atoms with Gasteiger partial charge >= 0.3 is 5.97 Å². The molecule has 0 spiro atoms. The minimum absolute atomic E-state index is 0.0331. The molecule has 2 rings (SSSR count).